The largest absolute Gasteiger partial charge is 0.370 e. The van der Waals surface area contributed by atoms with Crippen molar-refractivity contribution < 1.29 is 18.0 Å². The maximum Gasteiger partial charge on any atom is 0.239 e. The Morgan fingerprint density at radius 3 is 2.60 bits per heavy atom. The summed E-state index contributed by atoms with van der Waals surface area (Å²) in [4.78, 5) is 22.2. The molecule has 0 spiro atoms. The fourth-order valence-electron chi connectivity index (χ4n) is 1.66. The quantitative estimate of drug-likeness (QED) is 0.769. The number of primary amides is 1. The molecule has 7 heteroatoms. The average molecular weight is 298 g/mol. The highest BCUT2D eigenvalue weighted by Gasteiger charge is 2.17. The molecule has 0 radical (unpaired) electrons. The van der Waals surface area contributed by atoms with Crippen LogP contribution in [-0.4, -0.2) is 31.7 Å². The second kappa shape index (κ2) is 7.04. The molecule has 2 amide bonds. The summed E-state index contributed by atoms with van der Waals surface area (Å²) < 4.78 is 23.3. The minimum absolute atomic E-state index is 0.00126. The first-order valence-corrected chi connectivity index (χ1v) is 7.96. The topological polar surface area (TPSA) is 106 Å². The fraction of sp³-hybridized carbons (Fsp3) is 0.385. The minimum atomic E-state index is -3.53. The lowest BCUT2D eigenvalue weighted by molar-refractivity contribution is -0.118. The van der Waals surface area contributed by atoms with Crippen molar-refractivity contribution >= 4 is 27.3 Å². The van der Waals surface area contributed by atoms with Gasteiger partial charge in [0.25, 0.3) is 0 Å². The number of carbonyl (C=O) groups excluding carboxylic acids is 2. The number of benzene rings is 1. The van der Waals surface area contributed by atoms with Crippen LogP contribution in [0.25, 0.3) is 0 Å². The zero-order chi connectivity index (χ0) is 15.2. The summed E-state index contributed by atoms with van der Waals surface area (Å²) in [5.41, 5.74) is 6.45. The highest BCUT2D eigenvalue weighted by Crippen LogP contribution is 2.09. The number of nitrogens with two attached hydrogens (primary N) is 1. The summed E-state index contributed by atoms with van der Waals surface area (Å²) in [5, 5.41) is 2.53. The number of rotatable bonds is 7. The molecule has 0 bridgehead atoms. The lowest BCUT2D eigenvalue weighted by Crippen LogP contribution is -2.25. The van der Waals surface area contributed by atoms with Crippen LogP contribution in [0.5, 0.6) is 0 Å². The number of amides is 2. The molecule has 0 saturated carbocycles. The van der Waals surface area contributed by atoms with E-state index in [0.717, 1.165) is 5.56 Å². The van der Waals surface area contributed by atoms with Crippen molar-refractivity contribution in [2.75, 3.05) is 16.8 Å². The van der Waals surface area contributed by atoms with Gasteiger partial charge in [-0.05, 0) is 31.0 Å². The number of nitrogens with one attached hydrogen (secondary N) is 1. The molecule has 0 fully saturated rings. The highest BCUT2D eigenvalue weighted by molar-refractivity contribution is 7.92. The fourth-order valence-corrected chi connectivity index (χ4v) is 2.86. The van der Waals surface area contributed by atoms with Crippen molar-refractivity contribution in [2.24, 2.45) is 5.73 Å². The smallest absolute Gasteiger partial charge is 0.239 e. The van der Waals surface area contributed by atoms with Crippen LogP contribution in [-0.2, 0) is 19.4 Å². The Bertz CT molecular complexity index is 596. The number of aryl methyl sites for hydroxylation is 1. The van der Waals surface area contributed by atoms with Gasteiger partial charge in [0.15, 0.2) is 9.84 Å². The molecule has 1 aromatic rings. The van der Waals surface area contributed by atoms with Gasteiger partial charge in [0.05, 0.1) is 5.75 Å². The molecule has 0 heterocycles. The van der Waals surface area contributed by atoms with Crippen LogP contribution < -0.4 is 11.1 Å². The summed E-state index contributed by atoms with van der Waals surface area (Å²) in [7, 11) is -3.53. The van der Waals surface area contributed by atoms with Crippen LogP contribution >= 0.6 is 0 Å². The number of sulfone groups is 1. The monoisotopic (exact) mass is 298 g/mol. The van der Waals surface area contributed by atoms with Gasteiger partial charge in [-0.25, -0.2) is 8.42 Å². The molecule has 0 atom stereocenters. The van der Waals surface area contributed by atoms with Crippen LogP contribution in [0.4, 0.5) is 5.69 Å². The van der Waals surface area contributed by atoms with Crippen molar-refractivity contribution in [2.45, 2.75) is 19.8 Å². The zero-order valence-corrected chi connectivity index (χ0v) is 12.1. The van der Waals surface area contributed by atoms with Crippen molar-refractivity contribution in [1.29, 1.82) is 0 Å². The first kappa shape index (κ1) is 16.2. The van der Waals surface area contributed by atoms with Gasteiger partial charge in [-0.15, -0.1) is 0 Å². The molecule has 3 N–H and O–H groups in total. The van der Waals surface area contributed by atoms with Crippen LogP contribution in [0, 0.1) is 6.92 Å². The third-order valence-corrected chi connectivity index (χ3v) is 4.14. The Hall–Kier alpha value is -1.89. The molecule has 6 nitrogen and oxygen atoms in total. The predicted molar refractivity (Wildman–Crippen MR) is 76.9 cm³/mol. The summed E-state index contributed by atoms with van der Waals surface area (Å²) in [6.45, 7) is 1.87. The zero-order valence-electron chi connectivity index (χ0n) is 11.3. The summed E-state index contributed by atoms with van der Waals surface area (Å²) >= 11 is 0. The molecule has 0 saturated heterocycles. The number of hydrogen-bond acceptors (Lipinski definition) is 4. The molecule has 0 aliphatic heterocycles. The third kappa shape index (κ3) is 6.33. The average Bonchev–Trinajstić information content (AvgIpc) is 2.26. The Morgan fingerprint density at radius 2 is 2.00 bits per heavy atom. The Morgan fingerprint density at radius 1 is 1.30 bits per heavy atom. The van der Waals surface area contributed by atoms with Crippen molar-refractivity contribution in [3.63, 3.8) is 0 Å². The van der Waals surface area contributed by atoms with E-state index in [-0.39, 0.29) is 18.6 Å². The van der Waals surface area contributed by atoms with E-state index in [2.05, 4.69) is 5.32 Å². The molecule has 0 aromatic heterocycles. The molecule has 0 unspecified atom stereocenters. The van der Waals surface area contributed by atoms with E-state index >= 15 is 0 Å². The first-order chi connectivity index (χ1) is 9.28. The van der Waals surface area contributed by atoms with E-state index in [1.165, 1.54) is 0 Å². The molecule has 110 valence electrons. The number of hydrogen-bond donors (Lipinski definition) is 2. The normalized spacial score (nSPS) is 11.1. The van der Waals surface area contributed by atoms with E-state index in [4.69, 9.17) is 5.73 Å². The van der Waals surface area contributed by atoms with Gasteiger partial charge < -0.3 is 11.1 Å². The Kier molecular flexibility index (Phi) is 5.69. The Labute approximate surface area is 118 Å². The van der Waals surface area contributed by atoms with E-state index in [9.17, 15) is 18.0 Å². The van der Waals surface area contributed by atoms with E-state index < -0.39 is 27.4 Å². The van der Waals surface area contributed by atoms with Crippen LogP contribution in [0.1, 0.15) is 18.4 Å². The minimum Gasteiger partial charge on any atom is -0.370 e. The standard InChI is InChI=1S/C13H18N2O4S/c1-10-4-2-5-11(8-10)15-13(17)9-20(18,19)7-3-6-12(14)16/h2,4-5,8H,3,6-7,9H2,1H3,(H2,14,16)(H,15,17). The second-order valence-electron chi connectivity index (χ2n) is 4.58. The molecule has 1 rings (SSSR count). The predicted octanol–water partition coefficient (Wildman–Crippen LogP) is 0.614. The van der Waals surface area contributed by atoms with Gasteiger partial charge in [-0.3, -0.25) is 9.59 Å². The van der Waals surface area contributed by atoms with Gasteiger partial charge in [0.1, 0.15) is 5.75 Å². The Balaban J connectivity index is 2.50. The van der Waals surface area contributed by atoms with Gasteiger partial charge in [0, 0.05) is 12.1 Å². The summed E-state index contributed by atoms with van der Waals surface area (Å²) in [6.07, 6.45) is 0.133. The molecule has 20 heavy (non-hydrogen) atoms. The van der Waals surface area contributed by atoms with Crippen LogP contribution in [0.3, 0.4) is 0 Å². The van der Waals surface area contributed by atoms with Crippen molar-refractivity contribution in [3.8, 4) is 0 Å². The number of carbonyl (C=O) groups is 2. The SMILES string of the molecule is Cc1cccc(NC(=O)CS(=O)(=O)CCCC(N)=O)c1. The van der Waals surface area contributed by atoms with Gasteiger partial charge in [-0.2, -0.15) is 0 Å². The molecule has 0 aliphatic rings. The summed E-state index contributed by atoms with van der Waals surface area (Å²) in [5.74, 6) is -1.96. The van der Waals surface area contributed by atoms with Crippen molar-refractivity contribution in [1.82, 2.24) is 0 Å². The maximum atomic E-state index is 11.7. The number of anilines is 1. The van der Waals surface area contributed by atoms with Crippen LogP contribution in [0.15, 0.2) is 24.3 Å². The molecule has 1 aromatic carbocycles. The lowest BCUT2D eigenvalue weighted by atomic mass is 10.2. The van der Waals surface area contributed by atoms with Crippen molar-refractivity contribution in [3.05, 3.63) is 29.8 Å². The molecular weight excluding hydrogens is 280 g/mol. The van der Waals surface area contributed by atoms with Gasteiger partial charge >= 0.3 is 0 Å². The van der Waals surface area contributed by atoms with E-state index in [1.54, 1.807) is 18.2 Å². The second-order valence-corrected chi connectivity index (χ2v) is 6.76. The lowest BCUT2D eigenvalue weighted by Gasteiger charge is -2.06. The highest BCUT2D eigenvalue weighted by atomic mass is 32.2. The van der Waals surface area contributed by atoms with Gasteiger partial charge in [-0.1, -0.05) is 12.1 Å². The van der Waals surface area contributed by atoms with Crippen LogP contribution in [0.2, 0.25) is 0 Å². The van der Waals surface area contributed by atoms with E-state index in [1.807, 2.05) is 13.0 Å². The maximum absolute atomic E-state index is 11.7. The van der Waals surface area contributed by atoms with E-state index in [0.29, 0.717) is 5.69 Å². The summed E-state index contributed by atoms with van der Waals surface area (Å²) in [6, 6.07) is 7.07. The molecular formula is C13H18N2O4S. The third-order valence-electron chi connectivity index (χ3n) is 2.53. The first-order valence-electron chi connectivity index (χ1n) is 6.14. The van der Waals surface area contributed by atoms with Gasteiger partial charge in [0.2, 0.25) is 11.8 Å². The molecule has 0 aliphatic carbocycles.